The number of carbonyl (C=O) groups excluding carboxylic acids is 2. The van der Waals surface area contributed by atoms with Gasteiger partial charge >= 0.3 is 5.63 Å². The van der Waals surface area contributed by atoms with Gasteiger partial charge in [-0.05, 0) is 55.2 Å². The molecule has 0 saturated heterocycles. The van der Waals surface area contributed by atoms with Crippen molar-refractivity contribution in [3.05, 3.63) is 69.6 Å². The molecule has 0 unspecified atom stereocenters. The Hall–Kier alpha value is -3.81. The number of carboxylic acids is 1. The maximum atomic E-state index is 12.3. The van der Waals surface area contributed by atoms with Gasteiger partial charge in [-0.3, -0.25) is 4.79 Å². The molecule has 0 aliphatic carbocycles. The average molecular weight is 410 g/mol. The number of hydrogen-bond donors (Lipinski definition) is 3. The minimum Gasteiger partial charge on any atom is -0.548 e. The second-order valence-electron chi connectivity index (χ2n) is 6.98. The van der Waals surface area contributed by atoms with E-state index in [1.54, 1.807) is 25.1 Å². The van der Waals surface area contributed by atoms with Crippen LogP contribution in [0.1, 0.15) is 23.1 Å². The molecule has 8 nitrogen and oxygen atoms in total. The molecule has 156 valence electrons. The van der Waals surface area contributed by atoms with Crippen LogP contribution in [0.5, 0.6) is 11.5 Å². The molecule has 0 radical (unpaired) electrons. The lowest BCUT2D eigenvalue weighted by molar-refractivity contribution is -0.308. The van der Waals surface area contributed by atoms with Crippen LogP contribution in [0.4, 0.5) is 0 Å². The Balaban J connectivity index is 1.69. The molecule has 0 spiro atoms. The van der Waals surface area contributed by atoms with Crippen molar-refractivity contribution in [2.45, 2.75) is 32.2 Å². The zero-order valence-electron chi connectivity index (χ0n) is 16.2. The first kappa shape index (κ1) is 20.9. The van der Waals surface area contributed by atoms with Crippen LogP contribution >= 0.6 is 0 Å². The molecule has 1 heterocycles. The predicted molar refractivity (Wildman–Crippen MR) is 106 cm³/mol. The van der Waals surface area contributed by atoms with Crippen molar-refractivity contribution < 1.29 is 29.3 Å². The number of phenolic OH excluding ortho intramolecular Hbond substituents is 2. The van der Waals surface area contributed by atoms with Crippen molar-refractivity contribution in [1.82, 2.24) is 5.32 Å². The highest BCUT2D eigenvalue weighted by atomic mass is 16.4. The van der Waals surface area contributed by atoms with Crippen LogP contribution in [0.3, 0.4) is 0 Å². The monoisotopic (exact) mass is 410 g/mol. The number of aliphatic carboxylic acids is 1. The van der Waals surface area contributed by atoms with Gasteiger partial charge < -0.3 is 29.8 Å². The van der Waals surface area contributed by atoms with E-state index in [-0.39, 0.29) is 36.3 Å². The molecule has 0 bridgehead atoms. The summed E-state index contributed by atoms with van der Waals surface area (Å²) in [6, 6.07) is 9.14. The van der Waals surface area contributed by atoms with Gasteiger partial charge in [0.2, 0.25) is 5.91 Å². The van der Waals surface area contributed by atoms with Crippen LogP contribution < -0.4 is 16.0 Å². The Morgan fingerprint density at radius 3 is 2.43 bits per heavy atom. The van der Waals surface area contributed by atoms with Crippen molar-refractivity contribution in [2.24, 2.45) is 0 Å². The van der Waals surface area contributed by atoms with E-state index in [4.69, 9.17) is 4.42 Å². The molecule has 0 aliphatic rings. The number of rotatable bonds is 7. The largest absolute Gasteiger partial charge is 0.548 e. The fraction of sp³-hybridized carbons (Fsp3) is 0.227. The number of phenols is 2. The molecule has 1 aromatic heterocycles. The normalized spacial score (nSPS) is 11.9. The van der Waals surface area contributed by atoms with E-state index in [2.05, 4.69) is 5.32 Å². The zero-order valence-corrected chi connectivity index (χ0v) is 16.2. The number of hydrogen-bond acceptors (Lipinski definition) is 7. The number of aryl methyl sites for hydroxylation is 1. The van der Waals surface area contributed by atoms with Crippen LogP contribution in [0.15, 0.2) is 51.7 Å². The number of nitrogens with one attached hydrogen (secondary N) is 1. The average Bonchev–Trinajstić information content (AvgIpc) is 2.68. The second kappa shape index (κ2) is 8.69. The number of benzene rings is 2. The summed E-state index contributed by atoms with van der Waals surface area (Å²) in [6.07, 6.45) is -0.0562. The van der Waals surface area contributed by atoms with Crippen LogP contribution in [-0.4, -0.2) is 28.1 Å². The third kappa shape index (κ3) is 4.78. The number of fused-ring (bicyclic) bond motifs is 1. The summed E-state index contributed by atoms with van der Waals surface area (Å²) in [4.78, 5) is 36.0. The molecular formula is C22H20NO7-. The highest BCUT2D eigenvalue weighted by Gasteiger charge is 2.17. The predicted octanol–water partition coefficient (Wildman–Crippen LogP) is 0.923. The minimum absolute atomic E-state index is 0.00497. The van der Waals surface area contributed by atoms with Gasteiger partial charge in [0.15, 0.2) is 0 Å². The van der Waals surface area contributed by atoms with E-state index >= 15 is 0 Å². The molecule has 2 aromatic carbocycles. The molecule has 1 atom stereocenters. The summed E-state index contributed by atoms with van der Waals surface area (Å²) in [5, 5.41) is 33.3. The molecule has 0 fully saturated rings. The quantitative estimate of drug-likeness (QED) is 0.492. The summed E-state index contributed by atoms with van der Waals surface area (Å²) in [5.41, 5.74) is 1.19. The highest BCUT2D eigenvalue weighted by Crippen LogP contribution is 2.23. The smallest absolute Gasteiger partial charge is 0.339 e. The fourth-order valence-electron chi connectivity index (χ4n) is 3.24. The summed E-state index contributed by atoms with van der Waals surface area (Å²) in [7, 11) is 0. The lowest BCUT2D eigenvalue weighted by Gasteiger charge is -2.20. The van der Waals surface area contributed by atoms with Crippen LogP contribution in [0, 0.1) is 6.92 Å². The molecular weight excluding hydrogens is 390 g/mol. The van der Waals surface area contributed by atoms with Crippen molar-refractivity contribution in [3.63, 3.8) is 0 Å². The van der Waals surface area contributed by atoms with E-state index in [0.29, 0.717) is 22.1 Å². The van der Waals surface area contributed by atoms with E-state index in [0.717, 1.165) is 0 Å². The molecule has 0 saturated carbocycles. The summed E-state index contributed by atoms with van der Waals surface area (Å²) < 4.78 is 5.22. The SMILES string of the molecule is Cc1c(CCC(=O)N[C@@H](Cc2ccc(O)cc2)C(=O)[O-])c(=O)oc2cc(O)ccc12. The van der Waals surface area contributed by atoms with Crippen molar-refractivity contribution >= 4 is 22.8 Å². The molecule has 0 aliphatic heterocycles. The van der Waals surface area contributed by atoms with Crippen LogP contribution in [0.2, 0.25) is 0 Å². The van der Waals surface area contributed by atoms with Crippen molar-refractivity contribution in [1.29, 1.82) is 0 Å². The highest BCUT2D eigenvalue weighted by molar-refractivity contribution is 5.84. The second-order valence-corrected chi connectivity index (χ2v) is 6.98. The van der Waals surface area contributed by atoms with E-state index in [1.165, 1.54) is 24.3 Å². The molecule has 3 aromatic rings. The van der Waals surface area contributed by atoms with Gasteiger partial charge in [0.1, 0.15) is 17.1 Å². The van der Waals surface area contributed by atoms with Crippen LogP contribution in [-0.2, 0) is 22.4 Å². The first-order valence-electron chi connectivity index (χ1n) is 9.28. The lowest BCUT2D eigenvalue weighted by atomic mass is 10.0. The number of carboxylic acid groups (broad SMARTS) is 1. The van der Waals surface area contributed by atoms with Gasteiger partial charge in [-0.1, -0.05) is 12.1 Å². The number of amides is 1. The summed E-state index contributed by atoms with van der Waals surface area (Å²) in [6.45, 7) is 1.72. The zero-order chi connectivity index (χ0) is 21.8. The van der Waals surface area contributed by atoms with E-state index in [1.807, 2.05) is 0 Å². The van der Waals surface area contributed by atoms with E-state index < -0.39 is 23.5 Å². The Bertz CT molecular complexity index is 1150. The minimum atomic E-state index is -1.43. The third-order valence-corrected chi connectivity index (χ3v) is 4.87. The summed E-state index contributed by atoms with van der Waals surface area (Å²) in [5.74, 6) is -1.96. The van der Waals surface area contributed by atoms with E-state index in [9.17, 15) is 29.7 Å². The Morgan fingerprint density at radius 1 is 1.10 bits per heavy atom. The van der Waals surface area contributed by atoms with Gasteiger partial charge in [-0.15, -0.1) is 0 Å². The molecule has 3 rings (SSSR count). The standard InChI is InChI=1S/C22H21NO7/c1-12-16-7-6-15(25)11-19(16)30-22(29)17(12)8-9-20(26)23-18(21(27)28)10-13-2-4-14(24)5-3-13/h2-7,11,18,24-25H,8-10H2,1H3,(H,23,26)(H,27,28)/p-1/t18-/m0/s1. The van der Waals surface area contributed by atoms with Crippen molar-refractivity contribution in [3.8, 4) is 11.5 Å². The first-order valence-corrected chi connectivity index (χ1v) is 9.28. The Morgan fingerprint density at radius 2 is 1.77 bits per heavy atom. The maximum absolute atomic E-state index is 12.3. The maximum Gasteiger partial charge on any atom is 0.339 e. The Kier molecular flexibility index (Phi) is 6.06. The summed E-state index contributed by atoms with van der Waals surface area (Å²) >= 11 is 0. The number of aromatic hydroxyl groups is 2. The number of carbonyl (C=O) groups is 2. The fourth-order valence-corrected chi connectivity index (χ4v) is 3.24. The molecule has 1 amide bonds. The van der Waals surface area contributed by atoms with Crippen LogP contribution in [0.25, 0.3) is 11.0 Å². The third-order valence-electron chi connectivity index (χ3n) is 4.87. The first-order chi connectivity index (χ1) is 14.2. The van der Waals surface area contributed by atoms with Gasteiger partial charge in [0.25, 0.3) is 0 Å². The van der Waals surface area contributed by atoms with Gasteiger partial charge in [0, 0.05) is 23.4 Å². The van der Waals surface area contributed by atoms with Crippen molar-refractivity contribution in [2.75, 3.05) is 0 Å². The van der Waals surface area contributed by atoms with Gasteiger partial charge in [-0.2, -0.15) is 0 Å². The Labute approximate surface area is 171 Å². The molecule has 3 N–H and O–H groups in total. The van der Waals surface area contributed by atoms with Gasteiger partial charge in [0.05, 0.1) is 12.0 Å². The lowest BCUT2D eigenvalue weighted by Crippen LogP contribution is -2.49. The molecule has 8 heteroatoms. The molecule has 30 heavy (non-hydrogen) atoms. The van der Waals surface area contributed by atoms with Gasteiger partial charge in [-0.25, -0.2) is 4.79 Å². The topological polar surface area (TPSA) is 140 Å².